The topological polar surface area (TPSA) is 121 Å². The van der Waals surface area contributed by atoms with E-state index < -0.39 is 17.5 Å². The summed E-state index contributed by atoms with van der Waals surface area (Å²) >= 11 is -2.86. The molecule has 1 atom stereocenters. The summed E-state index contributed by atoms with van der Waals surface area (Å²) in [5, 5.41) is 24.0. The van der Waals surface area contributed by atoms with Gasteiger partial charge in [-0.05, 0) is 0 Å². The molecule has 0 aromatic rings. The Hall–Kier alpha value is 0.950. The van der Waals surface area contributed by atoms with Crippen molar-refractivity contribution >= 4 is 11.4 Å². The van der Waals surface area contributed by atoms with Crippen LogP contribution in [0.15, 0.2) is 0 Å². The summed E-state index contributed by atoms with van der Waals surface area (Å²) in [5.41, 5.74) is 0. The summed E-state index contributed by atoms with van der Waals surface area (Å²) < 4.78 is 24.1. The third-order valence-electron chi connectivity index (χ3n) is 0.421. The Morgan fingerprint density at radius 2 is 1.55 bits per heavy atom. The maximum absolute atomic E-state index is 8.56. The van der Waals surface area contributed by atoms with Gasteiger partial charge in [0.25, 0.3) is 0 Å². The van der Waals surface area contributed by atoms with Crippen molar-refractivity contribution in [1.29, 1.82) is 0 Å². The van der Waals surface area contributed by atoms with Crippen LogP contribution in [0.1, 0.15) is 0 Å². The van der Waals surface area contributed by atoms with Gasteiger partial charge in [-0.25, -0.2) is 4.21 Å². The van der Waals surface area contributed by atoms with Gasteiger partial charge >= 0.3 is 29.6 Å². The van der Waals surface area contributed by atoms with E-state index in [9.17, 15) is 0 Å². The quantitative estimate of drug-likeness (QED) is 0.258. The predicted octanol–water partition coefficient (Wildman–Crippen LogP) is -5.33. The zero-order valence-corrected chi connectivity index (χ0v) is 8.82. The summed E-state index contributed by atoms with van der Waals surface area (Å²) in [5.74, 6) is 0. The molecule has 8 heteroatoms. The van der Waals surface area contributed by atoms with Crippen molar-refractivity contribution in [2.75, 3.05) is 13.2 Å². The van der Waals surface area contributed by atoms with Crippen LogP contribution in [0.5, 0.6) is 0 Å². The SMILES string of the molecule is O=S([O-])O.OCC(O)CO.[Na+]. The van der Waals surface area contributed by atoms with Gasteiger partial charge in [-0.15, -0.1) is 0 Å². The molecule has 1 unspecified atom stereocenters. The van der Waals surface area contributed by atoms with Gasteiger partial charge in [0.1, 0.15) is 6.10 Å². The summed E-state index contributed by atoms with van der Waals surface area (Å²) in [4.78, 5) is 0. The van der Waals surface area contributed by atoms with Crippen molar-refractivity contribution in [3.05, 3.63) is 0 Å². The first kappa shape index (κ1) is 17.9. The third-order valence-corrected chi connectivity index (χ3v) is 0.421. The van der Waals surface area contributed by atoms with Crippen LogP contribution >= 0.6 is 0 Å². The summed E-state index contributed by atoms with van der Waals surface area (Å²) in [6, 6.07) is 0. The van der Waals surface area contributed by atoms with Crippen LogP contribution in [0.25, 0.3) is 0 Å². The van der Waals surface area contributed by atoms with Crippen molar-refractivity contribution in [1.82, 2.24) is 0 Å². The Balaban J connectivity index is -0.000000114. The van der Waals surface area contributed by atoms with Crippen LogP contribution in [-0.2, 0) is 11.4 Å². The Kier molecular flexibility index (Phi) is 22.0. The zero-order valence-electron chi connectivity index (χ0n) is 6.01. The first-order valence-corrected chi connectivity index (χ1v) is 3.25. The maximum Gasteiger partial charge on any atom is 1.00 e. The second-order valence-electron chi connectivity index (χ2n) is 1.24. The molecule has 4 N–H and O–H groups in total. The second-order valence-corrected chi connectivity index (χ2v) is 1.67. The van der Waals surface area contributed by atoms with Crippen LogP contribution < -0.4 is 29.6 Å². The van der Waals surface area contributed by atoms with E-state index in [0.717, 1.165) is 0 Å². The van der Waals surface area contributed by atoms with E-state index in [1.54, 1.807) is 0 Å². The van der Waals surface area contributed by atoms with Crippen LogP contribution in [-0.4, -0.2) is 48.0 Å². The van der Waals surface area contributed by atoms with Crippen LogP contribution in [0, 0.1) is 0 Å². The van der Waals surface area contributed by atoms with Gasteiger partial charge in [-0.1, -0.05) is 0 Å². The van der Waals surface area contributed by atoms with Gasteiger partial charge in [0, 0.05) is 0 Å². The fourth-order valence-electron chi connectivity index (χ4n) is 0.0577. The number of rotatable bonds is 2. The van der Waals surface area contributed by atoms with Crippen molar-refractivity contribution in [3.63, 3.8) is 0 Å². The molecule has 6 nitrogen and oxygen atoms in total. The minimum absolute atomic E-state index is 0. The molecule has 0 heterocycles. The Bertz CT molecular complexity index is 81.9. The molecule has 0 aromatic carbocycles. The number of hydrogen-bond acceptors (Lipinski definition) is 5. The molecule has 0 aliphatic carbocycles. The van der Waals surface area contributed by atoms with Gasteiger partial charge < -0.3 is 24.4 Å². The predicted molar refractivity (Wildman–Crippen MR) is 31.7 cm³/mol. The average Bonchev–Trinajstić information content (AvgIpc) is 1.85. The standard InChI is InChI=1S/C3H8O3.Na.H2O3S/c4-1-3(6)2-5;;1-4(2)3/h3-6H,1-2H2;;(H2,1,2,3)/q;+1;/p-1. The monoisotopic (exact) mass is 196 g/mol. The molecule has 0 fully saturated rings. The Morgan fingerprint density at radius 3 is 1.55 bits per heavy atom. The van der Waals surface area contributed by atoms with Crippen molar-refractivity contribution in [2.45, 2.75) is 6.10 Å². The smallest absolute Gasteiger partial charge is 0.750 e. The third kappa shape index (κ3) is 35.8. The molecular formula is C3H9NaO6S. The van der Waals surface area contributed by atoms with Crippen molar-refractivity contribution in [3.8, 4) is 0 Å². The molecule has 11 heavy (non-hydrogen) atoms. The van der Waals surface area contributed by atoms with E-state index >= 15 is 0 Å². The van der Waals surface area contributed by atoms with Gasteiger partial charge in [0.05, 0.1) is 24.6 Å². The van der Waals surface area contributed by atoms with Crippen LogP contribution in [0.2, 0.25) is 0 Å². The molecule has 0 saturated carbocycles. The van der Waals surface area contributed by atoms with Crippen LogP contribution in [0.3, 0.4) is 0 Å². The summed E-state index contributed by atoms with van der Waals surface area (Å²) in [6.45, 7) is -0.729. The molecule has 64 valence electrons. The summed E-state index contributed by atoms with van der Waals surface area (Å²) in [7, 11) is 0. The normalized spacial score (nSPS) is 11.1. The number of hydrogen-bond donors (Lipinski definition) is 4. The van der Waals surface area contributed by atoms with Crippen molar-refractivity contribution < 1.29 is 58.2 Å². The second kappa shape index (κ2) is 13.5. The van der Waals surface area contributed by atoms with Crippen molar-refractivity contribution in [2.24, 2.45) is 0 Å². The van der Waals surface area contributed by atoms with E-state index in [4.69, 9.17) is 28.6 Å². The fourth-order valence-corrected chi connectivity index (χ4v) is 0.0577. The van der Waals surface area contributed by atoms with Gasteiger partial charge in [-0.2, -0.15) is 0 Å². The first-order chi connectivity index (χ1) is 4.54. The zero-order chi connectivity index (χ0) is 8.57. The van der Waals surface area contributed by atoms with Crippen LogP contribution in [0.4, 0.5) is 0 Å². The molecule has 0 aromatic heterocycles. The molecular weight excluding hydrogens is 187 g/mol. The van der Waals surface area contributed by atoms with E-state index in [1.165, 1.54) is 0 Å². The maximum atomic E-state index is 8.56. The molecule has 0 bridgehead atoms. The van der Waals surface area contributed by atoms with Gasteiger partial charge in [0.15, 0.2) is 0 Å². The van der Waals surface area contributed by atoms with E-state index in [-0.39, 0.29) is 42.8 Å². The molecule has 0 rings (SSSR count). The van der Waals surface area contributed by atoms with E-state index in [1.807, 2.05) is 0 Å². The first-order valence-electron chi connectivity index (χ1n) is 2.22. The summed E-state index contributed by atoms with van der Waals surface area (Å²) in [6.07, 6.45) is -0.954. The molecule has 0 aliphatic heterocycles. The molecule has 0 saturated heterocycles. The average molecular weight is 196 g/mol. The Morgan fingerprint density at radius 1 is 1.36 bits per heavy atom. The largest absolute Gasteiger partial charge is 1.00 e. The molecule has 0 radical (unpaired) electrons. The van der Waals surface area contributed by atoms with Gasteiger partial charge in [-0.3, -0.25) is 0 Å². The Labute approximate surface area is 88.7 Å². The minimum atomic E-state index is -2.86. The molecule has 0 aliphatic rings. The molecule has 0 spiro atoms. The van der Waals surface area contributed by atoms with E-state index in [0.29, 0.717) is 0 Å². The van der Waals surface area contributed by atoms with Gasteiger partial charge in [0.2, 0.25) is 0 Å². The van der Waals surface area contributed by atoms with E-state index in [2.05, 4.69) is 0 Å². The number of aliphatic hydroxyl groups excluding tert-OH is 3. The molecule has 0 amide bonds. The number of aliphatic hydroxyl groups is 3. The minimum Gasteiger partial charge on any atom is -0.750 e. The fraction of sp³-hybridized carbons (Fsp3) is 1.00.